The van der Waals surface area contributed by atoms with Crippen LogP contribution in [0, 0.1) is 0 Å². The lowest BCUT2D eigenvalue weighted by Gasteiger charge is -1.97. The molecule has 1 aromatic carbocycles. The Kier molecular flexibility index (Phi) is 2.01. The van der Waals surface area contributed by atoms with Crippen molar-refractivity contribution in [3.8, 4) is 11.3 Å². The third-order valence-corrected chi connectivity index (χ3v) is 2.66. The zero-order chi connectivity index (χ0) is 11.8. The molecule has 0 radical (unpaired) electrons. The van der Waals surface area contributed by atoms with Crippen molar-refractivity contribution < 1.29 is 14.3 Å². The molecule has 2 N–H and O–H groups in total. The molecule has 4 nitrogen and oxygen atoms in total. The summed E-state index contributed by atoms with van der Waals surface area (Å²) in [7, 11) is 0. The number of carboxylic acid groups (broad SMARTS) is 1. The van der Waals surface area contributed by atoms with Crippen molar-refractivity contribution in [3.63, 3.8) is 0 Å². The van der Waals surface area contributed by atoms with Gasteiger partial charge in [0.05, 0.1) is 0 Å². The van der Waals surface area contributed by atoms with E-state index in [0.29, 0.717) is 5.76 Å². The highest BCUT2D eigenvalue weighted by molar-refractivity contribution is 5.87. The number of fused-ring (bicyclic) bond motifs is 1. The third kappa shape index (κ3) is 1.59. The van der Waals surface area contributed by atoms with Gasteiger partial charge in [-0.2, -0.15) is 0 Å². The maximum atomic E-state index is 10.7. The van der Waals surface area contributed by atoms with Crippen molar-refractivity contribution in [2.45, 2.75) is 0 Å². The number of aromatic amines is 1. The fourth-order valence-corrected chi connectivity index (χ4v) is 1.81. The average Bonchev–Trinajstić information content (AvgIpc) is 2.97. The van der Waals surface area contributed by atoms with E-state index < -0.39 is 5.97 Å². The van der Waals surface area contributed by atoms with Gasteiger partial charge in [-0.1, -0.05) is 12.1 Å². The highest BCUT2D eigenvalue weighted by Gasteiger charge is 2.10. The van der Waals surface area contributed by atoms with E-state index in [4.69, 9.17) is 9.52 Å². The molecule has 0 spiro atoms. The summed E-state index contributed by atoms with van der Waals surface area (Å²) in [6.45, 7) is 0. The summed E-state index contributed by atoms with van der Waals surface area (Å²) in [6.07, 6.45) is 1.86. The van der Waals surface area contributed by atoms with Gasteiger partial charge in [0.15, 0.2) is 0 Å². The molecular formula is C13H9NO3. The van der Waals surface area contributed by atoms with Crippen molar-refractivity contribution in [1.82, 2.24) is 4.98 Å². The van der Waals surface area contributed by atoms with Crippen LogP contribution in [0.15, 0.2) is 47.0 Å². The Morgan fingerprint density at radius 3 is 2.82 bits per heavy atom. The van der Waals surface area contributed by atoms with Crippen molar-refractivity contribution >= 4 is 16.9 Å². The summed E-state index contributed by atoms with van der Waals surface area (Å²) in [5, 5.41) is 9.89. The fourth-order valence-electron chi connectivity index (χ4n) is 1.81. The SMILES string of the molecule is O=C(O)c1ccc(-c2ccc3cc[nH]c3c2)o1. The maximum Gasteiger partial charge on any atom is 0.371 e. The Hall–Kier alpha value is -2.49. The highest BCUT2D eigenvalue weighted by Crippen LogP contribution is 2.25. The van der Waals surface area contributed by atoms with Gasteiger partial charge in [0.25, 0.3) is 0 Å². The largest absolute Gasteiger partial charge is 0.475 e. The summed E-state index contributed by atoms with van der Waals surface area (Å²) < 4.78 is 5.24. The van der Waals surface area contributed by atoms with Gasteiger partial charge in [0.1, 0.15) is 5.76 Å². The number of benzene rings is 1. The molecule has 2 aromatic heterocycles. The first kappa shape index (κ1) is 9.72. The van der Waals surface area contributed by atoms with Crippen LogP contribution >= 0.6 is 0 Å². The lowest BCUT2D eigenvalue weighted by Crippen LogP contribution is -1.91. The van der Waals surface area contributed by atoms with E-state index in [1.807, 2.05) is 30.5 Å². The number of H-pyrrole nitrogens is 1. The minimum atomic E-state index is -1.06. The van der Waals surface area contributed by atoms with Crippen molar-refractivity contribution in [2.75, 3.05) is 0 Å². The Morgan fingerprint density at radius 2 is 2.06 bits per heavy atom. The summed E-state index contributed by atoms with van der Waals surface area (Å²) in [4.78, 5) is 13.8. The Bertz CT molecular complexity index is 693. The van der Waals surface area contributed by atoms with Gasteiger partial charge >= 0.3 is 5.97 Å². The molecule has 0 unspecified atom stereocenters. The lowest BCUT2D eigenvalue weighted by atomic mass is 10.1. The van der Waals surface area contributed by atoms with Crippen LogP contribution < -0.4 is 0 Å². The smallest absolute Gasteiger partial charge is 0.371 e. The highest BCUT2D eigenvalue weighted by atomic mass is 16.4. The van der Waals surface area contributed by atoms with Crippen LogP contribution in [0.25, 0.3) is 22.2 Å². The van der Waals surface area contributed by atoms with Gasteiger partial charge in [0, 0.05) is 17.3 Å². The Morgan fingerprint density at radius 1 is 1.18 bits per heavy atom. The van der Waals surface area contributed by atoms with Crippen molar-refractivity contribution in [1.29, 1.82) is 0 Å². The second-order valence-corrected chi connectivity index (χ2v) is 3.75. The molecule has 84 valence electrons. The average molecular weight is 227 g/mol. The molecule has 0 saturated carbocycles. The molecule has 0 aliphatic rings. The van der Waals surface area contributed by atoms with E-state index >= 15 is 0 Å². The standard InChI is InChI=1S/C13H9NO3/c15-13(16)12-4-3-11(17-12)9-2-1-8-5-6-14-10(8)7-9/h1-7,14H,(H,15,16). The topological polar surface area (TPSA) is 66.2 Å². The molecule has 0 bridgehead atoms. The molecule has 0 saturated heterocycles. The van der Waals surface area contributed by atoms with Crippen LogP contribution in [-0.4, -0.2) is 16.1 Å². The summed E-state index contributed by atoms with van der Waals surface area (Å²) in [5.41, 5.74) is 1.85. The second kappa shape index (κ2) is 3.52. The fraction of sp³-hybridized carbons (Fsp3) is 0. The van der Waals surface area contributed by atoms with E-state index in [0.717, 1.165) is 16.5 Å². The number of rotatable bonds is 2. The minimum Gasteiger partial charge on any atom is -0.475 e. The van der Waals surface area contributed by atoms with Crippen LogP contribution in [0.4, 0.5) is 0 Å². The van der Waals surface area contributed by atoms with Gasteiger partial charge in [-0.3, -0.25) is 0 Å². The molecular weight excluding hydrogens is 218 g/mol. The zero-order valence-corrected chi connectivity index (χ0v) is 8.81. The van der Waals surface area contributed by atoms with Crippen LogP contribution in [0.3, 0.4) is 0 Å². The summed E-state index contributed by atoms with van der Waals surface area (Å²) >= 11 is 0. The zero-order valence-electron chi connectivity index (χ0n) is 8.81. The molecule has 0 fully saturated rings. The number of aromatic nitrogens is 1. The first-order valence-corrected chi connectivity index (χ1v) is 5.15. The number of aromatic carboxylic acids is 1. The Labute approximate surface area is 96.5 Å². The van der Waals surface area contributed by atoms with Gasteiger partial charge in [-0.05, 0) is 29.7 Å². The van der Waals surface area contributed by atoms with Gasteiger partial charge in [0.2, 0.25) is 5.76 Å². The minimum absolute atomic E-state index is 0.0495. The molecule has 0 amide bonds. The van der Waals surface area contributed by atoms with Crippen LogP contribution in [-0.2, 0) is 0 Å². The van der Waals surface area contributed by atoms with E-state index in [1.165, 1.54) is 6.07 Å². The lowest BCUT2D eigenvalue weighted by molar-refractivity contribution is 0.0663. The quantitative estimate of drug-likeness (QED) is 0.706. The summed E-state index contributed by atoms with van der Waals surface area (Å²) in [6, 6.07) is 10.9. The number of furan rings is 1. The molecule has 0 aliphatic carbocycles. The van der Waals surface area contributed by atoms with Gasteiger partial charge in [-0.15, -0.1) is 0 Å². The van der Waals surface area contributed by atoms with E-state index in [1.54, 1.807) is 6.07 Å². The first-order chi connectivity index (χ1) is 8.24. The molecule has 4 heteroatoms. The van der Waals surface area contributed by atoms with Crippen LogP contribution in [0.1, 0.15) is 10.6 Å². The maximum absolute atomic E-state index is 10.7. The molecule has 3 rings (SSSR count). The van der Waals surface area contributed by atoms with Crippen LogP contribution in [0.2, 0.25) is 0 Å². The number of carboxylic acids is 1. The first-order valence-electron chi connectivity index (χ1n) is 5.15. The monoisotopic (exact) mass is 227 g/mol. The summed E-state index contributed by atoms with van der Waals surface area (Å²) in [5.74, 6) is -0.553. The third-order valence-electron chi connectivity index (χ3n) is 2.66. The van der Waals surface area contributed by atoms with E-state index in [-0.39, 0.29) is 5.76 Å². The van der Waals surface area contributed by atoms with Gasteiger partial charge in [-0.25, -0.2) is 4.79 Å². The van der Waals surface area contributed by atoms with Crippen molar-refractivity contribution in [2.24, 2.45) is 0 Å². The van der Waals surface area contributed by atoms with Gasteiger partial charge < -0.3 is 14.5 Å². The molecule has 0 aliphatic heterocycles. The molecule has 3 aromatic rings. The normalized spacial score (nSPS) is 10.8. The number of hydrogen-bond donors (Lipinski definition) is 2. The van der Waals surface area contributed by atoms with E-state index in [2.05, 4.69) is 4.98 Å². The molecule has 0 atom stereocenters. The predicted molar refractivity (Wildman–Crippen MR) is 63.0 cm³/mol. The van der Waals surface area contributed by atoms with E-state index in [9.17, 15) is 4.79 Å². The number of hydrogen-bond acceptors (Lipinski definition) is 2. The predicted octanol–water partition coefficient (Wildman–Crippen LogP) is 3.13. The van der Waals surface area contributed by atoms with Crippen LogP contribution in [0.5, 0.6) is 0 Å². The molecule has 17 heavy (non-hydrogen) atoms. The molecule has 2 heterocycles. The Balaban J connectivity index is 2.09. The number of nitrogens with one attached hydrogen (secondary N) is 1. The number of carbonyl (C=O) groups is 1. The second-order valence-electron chi connectivity index (χ2n) is 3.75. The van der Waals surface area contributed by atoms with Crippen molar-refractivity contribution in [3.05, 3.63) is 48.4 Å².